The maximum Gasteiger partial charge on any atom is 0.230 e. The second-order valence-corrected chi connectivity index (χ2v) is 7.05. The molecule has 1 N–H and O–H groups in total. The van der Waals surface area contributed by atoms with E-state index in [1.165, 1.54) is 0 Å². The molecule has 138 valence electrons. The van der Waals surface area contributed by atoms with Gasteiger partial charge < -0.3 is 14.8 Å². The fourth-order valence-electron chi connectivity index (χ4n) is 2.89. The molecule has 0 spiro atoms. The Bertz CT molecular complexity index is 956. The molecule has 3 aromatic rings. The summed E-state index contributed by atoms with van der Waals surface area (Å²) in [6.07, 6.45) is 2.06. The summed E-state index contributed by atoms with van der Waals surface area (Å²) in [5, 5.41) is 7.25. The van der Waals surface area contributed by atoms with E-state index in [1.54, 1.807) is 10.7 Å². The Balaban J connectivity index is 1.40. The molecule has 4 rings (SSSR count). The van der Waals surface area contributed by atoms with Crippen molar-refractivity contribution in [1.29, 1.82) is 0 Å². The molecule has 2 heterocycles. The van der Waals surface area contributed by atoms with Gasteiger partial charge in [0.1, 0.15) is 13.2 Å². The van der Waals surface area contributed by atoms with Crippen molar-refractivity contribution >= 4 is 27.7 Å². The first-order valence-electron chi connectivity index (χ1n) is 8.62. The topological polar surface area (TPSA) is 65.4 Å². The third-order valence-corrected chi connectivity index (χ3v) is 4.90. The molecule has 0 fully saturated rings. The highest BCUT2D eigenvalue weighted by atomic mass is 79.9. The number of fused-ring (bicyclic) bond motifs is 1. The molecule has 0 unspecified atom stereocenters. The van der Waals surface area contributed by atoms with Crippen molar-refractivity contribution in [3.63, 3.8) is 0 Å². The molecule has 0 bridgehead atoms. The predicted molar refractivity (Wildman–Crippen MR) is 105 cm³/mol. The summed E-state index contributed by atoms with van der Waals surface area (Å²) < 4.78 is 13.7. The first-order chi connectivity index (χ1) is 13.2. The maximum atomic E-state index is 12.4. The molecular weight excluding hydrogens is 410 g/mol. The van der Waals surface area contributed by atoms with Crippen LogP contribution in [0.4, 0.5) is 5.82 Å². The van der Waals surface area contributed by atoms with Crippen LogP contribution >= 0.6 is 15.9 Å². The molecule has 7 heteroatoms. The van der Waals surface area contributed by atoms with E-state index in [2.05, 4.69) is 26.3 Å². The van der Waals surface area contributed by atoms with Gasteiger partial charge in [-0.1, -0.05) is 46.3 Å². The number of ether oxygens (including phenoxy) is 2. The third kappa shape index (κ3) is 4.31. The van der Waals surface area contributed by atoms with Crippen molar-refractivity contribution in [2.75, 3.05) is 18.5 Å². The van der Waals surface area contributed by atoms with Gasteiger partial charge in [-0.2, -0.15) is 5.10 Å². The minimum Gasteiger partial charge on any atom is -0.486 e. The van der Waals surface area contributed by atoms with Crippen LogP contribution in [0.3, 0.4) is 0 Å². The summed E-state index contributed by atoms with van der Waals surface area (Å²) >= 11 is 3.50. The molecule has 0 saturated heterocycles. The van der Waals surface area contributed by atoms with Crippen molar-refractivity contribution in [3.05, 3.63) is 70.3 Å². The maximum absolute atomic E-state index is 12.4. The molecule has 0 radical (unpaired) electrons. The number of nitrogens with zero attached hydrogens (tertiary/aromatic N) is 2. The Labute approximate surface area is 165 Å². The molecule has 1 aromatic heterocycles. The number of hydrogen-bond acceptors (Lipinski definition) is 4. The van der Waals surface area contributed by atoms with E-state index in [0.29, 0.717) is 37.1 Å². The average molecular weight is 428 g/mol. The van der Waals surface area contributed by atoms with Crippen LogP contribution in [0, 0.1) is 0 Å². The Kier molecular flexibility index (Phi) is 5.11. The summed E-state index contributed by atoms with van der Waals surface area (Å²) in [6, 6.07) is 15.5. The molecule has 6 nitrogen and oxygen atoms in total. The lowest BCUT2D eigenvalue weighted by atomic mass is 10.1. The highest BCUT2D eigenvalue weighted by molar-refractivity contribution is 9.10. The number of carbonyl (C=O) groups excluding carboxylic acids is 1. The van der Waals surface area contributed by atoms with Gasteiger partial charge in [-0.15, -0.1) is 0 Å². The molecule has 0 aliphatic carbocycles. The quantitative estimate of drug-likeness (QED) is 0.674. The van der Waals surface area contributed by atoms with Crippen LogP contribution in [0.15, 0.2) is 59.2 Å². The van der Waals surface area contributed by atoms with Gasteiger partial charge in [0, 0.05) is 16.7 Å². The first kappa shape index (κ1) is 17.6. The predicted octanol–water partition coefficient (Wildman–Crippen LogP) is 3.65. The van der Waals surface area contributed by atoms with Crippen molar-refractivity contribution in [3.8, 4) is 11.5 Å². The number of carbonyl (C=O) groups is 1. The van der Waals surface area contributed by atoms with Crippen LogP contribution in [-0.2, 0) is 17.8 Å². The minimum absolute atomic E-state index is 0.141. The van der Waals surface area contributed by atoms with Crippen LogP contribution in [0.5, 0.6) is 11.5 Å². The number of benzene rings is 2. The van der Waals surface area contributed by atoms with Gasteiger partial charge in [0.05, 0.1) is 13.0 Å². The lowest BCUT2D eigenvalue weighted by Crippen LogP contribution is -2.18. The largest absolute Gasteiger partial charge is 0.486 e. The van der Waals surface area contributed by atoms with E-state index in [9.17, 15) is 4.79 Å². The van der Waals surface area contributed by atoms with E-state index in [1.807, 2.05) is 48.7 Å². The van der Waals surface area contributed by atoms with E-state index >= 15 is 0 Å². The van der Waals surface area contributed by atoms with E-state index in [-0.39, 0.29) is 12.3 Å². The van der Waals surface area contributed by atoms with Crippen molar-refractivity contribution in [2.24, 2.45) is 0 Å². The highest BCUT2D eigenvalue weighted by Crippen LogP contribution is 2.35. The Morgan fingerprint density at radius 2 is 1.85 bits per heavy atom. The molecule has 1 aliphatic heterocycles. The van der Waals surface area contributed by atoms with Gasteiger partial charge in [-0.3, -0.25) is 9.48 Å². The third-order valence-electron chi connectivity index (χ3n) is 4.16. The highest BCUT2D eigenvalue weighted by Gasteiger charge is 2.17. The van der Waals surface area contributed by atoms with Crippen LogP contribution in [0.1, 0.15) is 11.1 Å². The standard InChI is InChI=1S/C20H18BrN3O3/c21-16-12-18-17(26-8-9-27-18)10-15(16)11-20(25)22-19-6-7-24(23-19)13-14-4-2-1-3-5-14/h1-7,10,12H,8-9,11,13H2,(H,22,23,25). The summed E-state index contributed by atoms with van der Waals surface area (Å²) in [5.74, 6) is 1.75. The zero-order valence-corrected chi connectivity index (χ0v) is 16.1. The van der Waals surface area contributed by atoms with E-state index < -0.39 is 0 Å². The van der Waals surface area contributed by atoms with E-state index in [4.69, 9.17) is 9.47 Å². The minimum atomic E-state index is -0.141. The smallest absolute Gasteiger partial charge is 0.230 e. The van der Waals surface area contributed by atoms with Gasteiger partial charge >= 0.3 is 0 Å². The molecule has 1 aliphatic rings. The lowest BCUT2D eigenvalue weighted by molar-refractivity contribution is -0.115. The zero-order chi connectivity index (χ0) is 18.6. The average Bonchev–Trinajstić information content (AvgIpc) is 3.10. The van der Waals surface area contributed by atoms with Crippen LogP contribution in [-0.4, -0.2) is 28.9 Å². The first-order valence-corrected chi connectivity index (χ1v) is 9.42. The van der Waals surface area contributed by atoms with Crippen LogP contribution in [0.2, 0.25) is 0 Å². The number of hydrogen-bond donors (Lipinski definition) is 1. The number of aromatic nitrogens is 2. The molecule has 27 heavy (non-hydrogen) atoms. The molecule has 0 saturated carbocycles. The van der Waals surface area contributed by atoms with Gasteiger partial charge in [-0.25, -0.2) is 0 Å². The molecular formula is C20H18BrN3O3. The lowest BCUT2D eigenvalue weighted by Gasteiger charge is -2.19. The fraction of sp³-hybridized carbons (Fsp3) is 0.200. The summed E-state index contributed by atoms with van der Waals surface area (Å²) in [6.45, 7) is 1.70. The summed E-state index contributed by atoms with van der Waals surface area (Å²) in [7, 11) is 0. The second kappa shape index (κ2) is 7.84. The van der Waals surface area contributed by atoms with Gasteiger partial charge in [0.2, 0.25) is 5.91 Å². The number of amides is 1. The van der Waals surface area contributed by atoms with Crippen molar-refractivity contribution in [2.45, 2.75) is 13.0 Å². The van der Waals surface area contributed by atoms with Gasteiger partial charge in [0.25, 0.3) is 0 Å². The SMILES string of the molecule is O=C(Cc1cc2c(cc1Br)OCCO2)Nc1ccn(Cc2ccccc2)n1. The summed E-state index contributed by atoms with van der Waals surface area (Å²) in [5.41, 5.74) is 1.99. The normalized spacial score (nSPS) is 12.6. The van der Waals surface area contributed by atoms with Crippen LogP contribution in [0.25, 0.3) is 0 Å². The van der Waals surface area contributed by atoms with Crippen molar-refractivity contribution < 1.29 is 14.3 Å². The molecule has 1 amide bonds. The Morgan fingerprint density at radius 3 is 2.63 bits per heavy atom. The van der Waals surface area contributed by atoms with Crippen LogP contribution < -0.4 is 14.8 Å². The number of halogens is 1. The number of rotatable bonds is 5. The number of anilines is 1. The summed E-state index contributed by atoms with van der Waals surface area (Å²) in [4.78, 5) is 12.4. The molecule has 0 atom stereocenters. The van der Waals surface area contributed by atoms with Gasteiger partial charge in [0.15, 0.2) is 17.3 Å². The second-order valence-electron chi connectivity index (χ2n) is 6.20. The zero-order valence-electron chi connectivity index (χ0n) is 14.5. The van der Waals surface area contributed by atoms with E-state index in [0.717, 1.165) is 15.6 Å². The molecule has 2 aromatic carbocycles. The van der Waals surface area contributed by atoms with Crippen molar-refractivity contribution in [1.82, 2.24) is 9.78 Å². The fourth-order valence-corrected chi connectivity index (χ4v) is 3.35. The van der Waals surface area contributed by atoms with Gasteiger partial charge in [-0.05, 0) is 23.3 Å². The monoisotopic (exact) mass is 427 g/mol. The Hall–Kier alpha value is -2.80. The number of nitrogens with one attached hydrogen (secondary N) is 1. The Morgan fingerprint density at radius 1 is 1.11 bits per heavy atom.